The van der Waals surface area contributed by atoms with E-state index in [9.17, 15) is 9.36 Å². The van der Waals surface area contributed by atoms with Crippen LogP contribution in [0.2, 0.25) is 5.28 Å². The maximum atomic E-state index is 12.4. The van der Waals surface area contributed by atoms with Crippen molar-refractivity contribution in [2.24, 2.45) is 11.3 Å². The lowest BCUT2D eigenvalue weighted by Crippen LogP contribution is -2.28. The number of nitrogens with zero attached hydrogens (tertiary/aromatic N) is 4. The van der Waals surface area contributed by atoms with Crippen LogP contribution in [-0.2, 0) is 23.4 Å². The van der Waals surface area contributed by atoms with E-state index in [0.717, 1.165) is 0 Å². The van der Waals surface area contributed by atoms with Crippen LogP contribution in [0.3, 0.4) is 0 Å². The molecule has 0 spiro atoms. The Morgan fingerprint density at radius 3 is 2.77 bits per heavy atom. The fourth-order valence-corrected chi connectivity index (χ4v) is 4.36. The molecule has 1 N–H and O–H groups in total. The SMILES string of the molecule is CCOP(C)(=O)CO[C@H]1O[C@@H](n2cnc3c(NC(=O)C(C)(C)C)nc(Cl)nc32)C[C@@H]1C. The molecule has 10 nitrogen and oxygen atoms in total. The lowest BCUT2D eigenvalue weighted by molar-refractivity contribution is -0.151. The zero-order valence-corrected chi connectivity index (χ0v) is 20.2. The molecule has 0 aromatic carbocycles. The normalized spacial score (nSPS) is 23.8. The summed E-state index contributed by atoms with van der Waals surface area (Å²) in [7, 11) is -2.83. The quantitative estimate of drug-likeness (QED) is 0.468. The first kappa shape index (κ1) is 24.1. The van der Waals surface area contributed by atoms with Gasteiger partial charge in [-0.3, -0.25) is 13.9 Å². The second-order valence-electron chi connectivity index (χ2n) is 8.77. The summed E-state index contributed by atoms with van der Waals surface area (Å²) in [5.41, 5.74) is 0.246. The van der Waals surface area contributed by atoms with Crippen LogP contribution in [0.15, 0.2) is 6.33 Å². The number of hydrogen-bond donors (Lipinski definition) is 1. The van der Waals surface area contributed by atoms with Crippen molar-refractivity contribution in [2.75, 3.05) is 24.9 Å². The number of anilines is 1. The van der Waals surface area contributed by atoms with Crippen LogP contribution in [0.25, 0.3) is 11.2 Å². The van der Waals surface area contributed by atoms with Crippen LogP contribution in [0.1, 0.15) is 47.3 Å². The summed E-state index contributed by atoms with van der Waals surface area (Å²) in [5.74, 6) is 0.0771. The van der Waals surface area contributed by atoms with Crippen molar-refractivity contribution < 1.29 is 23.4 Å². The van der Waals surface area contributed by atoms with Crippen LogP contribution in [0.5, 0.6) is 0 Å². The number of amides is 1. The highest BCUT2D eigenvalue weighted by Crippen LogP contribution is 2.44. The average molecular weight is 474 g/mol. The zero-order valence-electron chi connectivity index (χ0n) is 18.6. The van der Waals surface area contributed by atoms with Gasteiger partial charge in [-0.1, -0.05) is 27.7 Å². The Bertz CT molecular complexity index is 1010. The first-order chi connectivity index (χ1) is 14.4. The summed E-state index contributed by atoms with van der Waals surface area (Å²) >= 11 is 6.12. The predicted octanol–water partition coefficient (Wildman–Crippen LogP) is 4.26. The summed E-state index contributed by atoms with van der Waals surface area (Å²) in [6.07, 6.45) is 1.22. The first-order valence-electron chi connectivity index (χ1n) is 10.1. The van der Waals surface area contributed by atoms with Gasteiger partial charge >= 0.3 is 0 Å². The van der Waals surface area contributed by atoms with Gasteiger partial charge < -0.3 is 19.3 Å². The molecule has 172 valence electrons. The zero-order chi connectivity index (χ0) is 23.0. The number of aromatic nitrogens is 4. The summed E-state index contributed by atoms with van der Waals surface area (Å²) in [6, 6.07) is 0. The van der Waals surface area contributed by atoms with Crippen LogP contribution in [0.4, 0.5) is 5.82 Å². The minimum absolute atomic E-state index is 0.0130. The van der Waals surface area contributed by atoms with Crippen molar-refractivity contribution in [2.45, 2.75) is 53.6 Å². The molecule has 1 fully saturated rings. The van der Waals surface area contributed by atoms with Crippen LogP contribution >= 0.6 is 19.0 Å². The van der Waals surface area contributed by atoms with E-state index in [1.165, 1.54) is 0 Å². The van der Waals surface area contributed by atoms with Gasteiger partial charge in [0.2, 0.25) is 18.6 Å². The molecule has 0 bridgehead atoms. The highest BCUT2D eigenvalue weighted by Gasteiger charge is 2.36. The molecule has 2 aromatic rings. The Balaban J connectivity index is 1.81. The first-order valence-corrected chi connectivity index (χ1v) is 12.7. The van der Waals surface area contributed by atoms with Gasteiger partial charge in [0.05, 0.1) is 12.9 Å². The Morgan fingerprint density at radius 1 is 1.42 bits per heavy atom. The minimum atomic E-state index is -2.83. The van der Waals surface area contributed by atoms with Crippen molar-refractivity contribution in [1.82, 2.24) is 19.5 Å². The molecule has 4 atom stereocenters. The molecule has 0 radical (unpaired) electrons. The van der Waals surface area contributed by atoms with Gasteiger partial charge in [0.15, 0.2) is 23.3 Å². The van der Waals surface area contributed by atoms with Crippen LogP contribution in [-0.4, -0.2) is 51.3 Å². The van der Waals surface area contributed by atoms with Gasteiger partial charge in [-0.15, -0.1) is 0 Å². The number of carbonyl (C=O) groups is 1. The van der Waals surface area contributed by atoms with E-state index in [-0.39, 0.29) is 29.3 Å². The highest BCUT2D eigenvalue weighted by molar-refractivity contribution is 7.57. The molecule has 2 aromatic heterocycles. The van der Waals surface area contributed by atoms with Crippen molar-refractivity contribution >= 4 is 41.9 Å². The van der Waals surface area contributed by atoms with Gasteiger partial charge in [0.25, 0.3) is 0 Å². The van der Waals surface area contributed by atoms with E-state index in [2.05, 4.69) is 20.3 Å². The van der Waals surface area contributed by atoms with Crippen molar-refractivity contribution in [1.29, 1.82) is 0 Å². The maximum absolute atomic E-state index is 12.4. The Morgan fingerprint density at radius 2 is 2.13 bits per heavy atom. The van der Waals surface area contributed by atoms with Gasteiger partial charge in [-0.05, 0) is 18.5 Å². The van der Waals surface area contributed by atoms with E-state index < -0.39 is 25.3 Å². The molecule has 1 unspecified atom stereocenters. The molecule has 1 saturated heterocycles. The fraction of sp³-hybridized carbons (Fsp3) is 0.684. The second-order valence-corrected chi connectivity index (χ2v) is 11.7. The average Bonchev–Trinajstić information content (AvgIpc) is 3.22. The number of imidazole rings is 1. The van der Waals surface area contributed by atoms with Crippen LogP contribution in [0, 0.1) is 11.3 Å². The summed E-state index contributed by atoms with van der Waals surface area (Å²) in [4.78, 5) is 25.2. The van der Waals surface area contributed by atoms with E-state index in [0.29, 0.717) is 24.2 Å². The van der Waals surface area contributed by atoms with E-state index in [1.807, 2.05) is 6.92 Å². The minimum Gasteiger partial charge on any atom is -0.342 e. The van der Waals surface area contributed by atoms with E-state index >= 15 is 0 Å². The van der Waals surface area contributed by atoms with E-state index in [4.69, 9.17) is 25.6 Å². The molecule has 0 saturated carbocycles. The number of rotatable bonds is 7. The number of nitrogens with one attached hydrogen (secondary N) is 1. The molecule has 1 aliphatic rings. The largest absolute Gasteiger partial charge is 0.342 e. The number of halogens is 1. The third kappa shape index (κ3) is 5.62. The Hall–Kier alpha value is -1.58. The molecule has 3 rings (SSSR count). The number of carbonyl (C=O) groups excluding carboxylic acids is 1. The third-order valence-corrected chi connectivity index (χ3v) is 6.41. The third-order valence-electron chi connectivity index (χ3n) is 4.82. The summed E-state index contributed by atoms with van der Waals surface area (Å²) in [6.45, 7) is 11.1. The van der Waals surface area contributed by atoms with Crippen molar-refractivity contribution in [3.05, 3.63) is 11.6 Å². The van der Waals surface area contributed by atoms with Crippen LogP contribution < -0.4 is 5.32 Å². The molecule has 12 heteroatoms. The second kappa shape index (κ2) is 9.11. The topological polar surface area (TPSA) is 117 Å². The number of fused-ring (bicyclic) bond motifs is 1. The standard InChI is InChI=1S/C19H29ClN5O5P/c1-7-29-31(6,27)10-28-16-11(2)8-12(30-16)25-9-21-13-14(22-17(26)19(3,4)5)23-18(20)24-15(13)25/h9,11-12,16H,7-8,10H2,1-6H3,(H,22,23,24,26)/t11-,12+,16-,31?/m0/s1. The van der Waals surface area contributed by atoms with Crippen molar-refractivity contribution in [3.8, 4) is 0 Å². The Kier molecular flexibility index (Phi) is 7.08. The van der Waals surface area contributed by atoms with Gasteiger partial charge in [-0.2, -0.15) is 9.97 Å². The molecule has 1 amide bonds. The fourth-order valence-electron chi connectivity index (χ4n) is 3.16. The van der Waals surface area contributed by atoms with Crippen molar-refractivity contribution in [3.63, 3.8) is 0 Å². The molecule has 1 aliphatic heterocycles. The molecular formula is C19H29ClN5O5P. The van der Waals surface area contributed by atoms with Gasteiger partial charge in [0.1, 0.15) is 12.6 Å². The molecular weight excluding hydrogens is 445 g/mol. The number of hydrogen-bond acceptors (Lipinski definition) is 8. The van der Waals surface area contributed by atoms with Gasteiger partial charge in [0, 0.05) is 24.4 Å². The lowest BCUT2D eigenvalue weighted by Gasteiger charge is -2.20. The Labute approximate surface area is 186 Å². The monoisotopic (exact) mass is 473 g/mol. The molecule has 0 aliphatic carbocycles. The molecule has 3 heterocycles. The predicted molar refractivity (Wildman–Crippen MR) is 117 cm³/mol. The number of ether oxygens (including phenoxy) is 2. The smallest absolute Gasteiger partial charge is 0.230 e. The summed E-state index contributed by atoms with van der Waals surface area (Å²) < 4.78 is 31.1. The maximum Gasteiger partial charge on any atom is 0.230 e. The van der Waals surface area contributed by atoms with Gasteiger partial charge in [-0.25, -0.2) is 4.98 Å². The van der Waals surface area contributed by atoms with E-state index in [1.54, 1.807) is 45.3 Å². The molecule has 31 heavy (non-hydrogen) atoms. The lowest BCUT2D eigenvalue weighted by atomic mass is 9.96. The summed E-state index contributed by atoms with van der Waals surface area (Å²) in [5, 5.41) is 2.76. The highest BCUT2D eigenvalue weighted by atomic mass is 35.5.